The van der Waals surface area contributed by atoms with E-state index in [1.165, 1.54) is 12.1 Å². The smallest absolute Gasteiger partial charge is 0.244 e. The number of halogens is 1. The highest BCUT2D eigenvalue weighted by molar-refractivity contribution is 6.00. The number of aryl methyl sites for hydroxylation is 1. The van der Waals surface area contributed by atoms with Gasteiger partial charge in [0.1, 0.15) is 23.9 Å². The first-order chi connectivity index (χ1) is 14.9. The van der Waals surface area contributed by atoms with E-state index in [0.29, 0.717) is 29.8 Å². The third kappa shape index (κ3) is 4.74. The summed E-state index contributed by atoms with van der Waals surface area (Å²) in [6.07, 6.45) is 0. The van der Waals surface area contributed by atoms with Crippen molar-refractivity contribution in [1.82, 2.24) is 9.97 Å². The highest BCUT2D eigenvalue weighted by Gasteiger charge is 2.24. The minimum atomic E-state index is -0.260. The normalized spacial score (nSPS) is 13.9. The molecule has 3 aromatic rings. The molecule has 1 aliphatic rings. The SMILES string of the molecule is Cc1nc(N[C@@H](C)c2ccc(OCc3ccc(F)cc3)cc2)nc2c1NC(=O)CN2C. The molecule has 7 nitrogen and oxygen atoms in total. The zero-order valence-electron chi connectivity index (χ0n) is 17.6. The van der Waals surface area contributed by atoms with Crippen LogP contribution in [0, 0.1) is 12.7 Å². The van der Waals surface area contributed by atoms with E-state index in [0.717, 1.165) is 16.9 Å². The van der Waals surface area contributed by atoms with E-state index in [2.05, 4.69) is 20.6 Å². The molecule has 0 fully saturated rings. The Morgan fingerprint density at radius 2 is 1.87 bits per heavy atom. The Bertz CT molecular complexity index is 1090. The second kappa shape index (κ2) is 8.59. The van der Waals surface area contributed by atoms with Crippen LogP contribution in [-0.4, -0.2) is 29.5 Å². The van der Waals surface area contributed by atoms with Gasteiger partial charge in [0.2, 0.25) is 11.9 Å². The van der Waals surface area contributed by atoms with Crippen LogP contribution in [0.5, 0.6) is 5.75 Å². The molecule has 0 saturated heterocycles. The van der Waals surface area contributed by atoms with Gasteiger partial charge in [-0.2, -0.15) is 4.98 Å². The van der Waals surface area contributed by atoms with Crippen LogP contribution in [-0.2, 0) is 11.4 Å². The van der Waals surface area contributed by atoms with Gasteiger partial charge in [0.15, 0.2) is 5.82 Å². The lowest BCUT2D eigenvalue weighted by Crippen LogP contribution is -2.36. The fourth-order valence-electron chi connectivity index (χ4n) is 3.39. The number of carbonyl (C=O) groups excluding carboxylic acids is 1. The van der Waals surface area contributed by atoms with Crippen molar-refractivity contribution in [1.29, 1.82) is 0 Å². The second-order valence-electron chi connectivity index (χ2n) is 7.59. The molecule has 2 heterocycles. The molecule has 0 spiro atoms. The van der Waals surface area contributed by atoms with Gasteiger partial charge < -0.3 is 20.3 Å². The average Bonchev–Trinajstić information content (AvgIpc) is 2.74. The van der Waals surface area contributed by atoms with Gasteiger partial charge in [0.05, 0.1) is 18.3 Å². The maximum atomic E-state index is 13.0. The summed E-state index contributed by atoms with van der Waals surface area (Å²) in [4.78, 5) is 22.6. The number of nitrogens with one attached hydrogen (secondary N) is 2. The quantitative estimate of drug-likeness (QED) is 0.625. The summed E-state index contributed by atoms with van der Waals surface area (Å²) in [7, 11) is 1.84. The van der Waals surface area contributed by atoms with Gasteiger partial charge in [0.25, 0.3) is 0 Å². The maximum absolute atomic E-state index is 13.0. The molecule has 160 valence electrons. The van der Waals surface area contributed by atoms with Crippen molar-refractivity contribution in [2.24, 2.45) is 0 Å². The Morgan fingerprint density at radius 3 is 2.58 bits per heavy atom. The number of hydrogen-bond donors (Lipinski definition) is 2. The average molecular weight is 421 g/mol. The van der Waals surface area contributed by atoms with Gasteiger partial charge in [-0.05, 0) is 49.2 Å². The minimum absolute atomic E-state index is 0.0351. The van der Waals surface area contributed by atoms with Crippen molar-refractivity contribution in [2.75, 3.05) is 29.1 Å². The number of anilines is 3. The highest BCUT2D eigenvalue weighted by Crippen LogP contribution is 2.30. The van der Waals surface area contributed by atoms with Crippen molar-refractivity contribution >= 4 is 23.4 Å². The molecule has 2 N–H and O–H groups in total. The first kappa shape index (κ1) is 20.6. The lowest BCUT2D eigenvalue weighted by Gasteiger charge is -2.27. The molecular weight excluding hydrogens is 397 g/mol. The van der Waals surface area contributed by atoms with Crippen molar-refractivity contribution in [2.45, 2.75) is 26.5 Å². The fourth-order valence-corrected chi connectivity index (χ4v) is 3.39. The predicted octanol–water partition coefficient (Wildman–Crippen LogP) is 4.06. The van der Waals surface area contributed by atoms with Crippen LogP contribution >= 0.6 is 0 Å². The van der Waals surface area contributed by atoms with Crippen LogP contribution in [0.4, 0.5) is 21.8 Å². The van der Waals surface area contributed by atoms with Crippen LogP contribution in [0.15, 0.2) is 48.5 Å². The Hall–Kier alpha value is -3.68. The van der Waals surface area contributed by atoms with E-state index < -0.39 is 0 Å². The standard InChI is InChI=1S/C23H24FN5O2/c1-14(25-23-26-15(2)21-22(28-23)29(3)12-20(30)27-21)17-6-10-19(11-7-17)31-13-16-4-8-18(24)9-5-16/h4-11,14H,12-13H2,1-3H3,(H,27,30)(H,25,26,28)/t14-/m0/s1. The Labute approximate surface area is 180 Å². The number of amides is 1. The van der Waals surface area contributed by atoms with E-state index in [1.54, 1.807) is 12.1 Å². The predicted molar refractivity (Wildman–Crippen MR) is 118 cm³/mol. The molecule has 1 aromatic heterocycles. The summed E-state index contributed by atoms with van der Waals surface area (Å²) in [6, 6.07) is 14.0. The molecule has 0 aliphatic carbocycles. The molecule has 0 unspecified atom stereocenters. The first-order valence-corrected chi connectivity index (χ1v) is 10.0. The monoisotopic (exact) mass is 421 g/mol. The minimum Gasteiger partial charge on any atom is -0.489 e. The van der Waals surface area contributed by atoms with Crippen molar-refractivity contribution in [3.05, 3.63) is 71.2 Å². The Morgan fingerprint density at radius 1 is 1.16 bits per heavy atom. The number of aromatic nitrogens is 2. The van der Waals surface area contributed by atoms with Crippen molar-refractivity contribution < 1.29 is 13.9 Å². The molecule has 0 radical (unpaired) electrons. The summed E-state index contributed by atoms with van der Waals surface area (Å²) < 4.78 is 18.8. The van der Waals surface area contributed by atoms with Crippen LogP contribution in [0.3, 0.4) is 0 Å². The van der Waals surface area contributed by atoms with E-state index in [4.69, 9.17) is 4.74 Å². The lowest BCUT2D eigenvalue weighted by atomic mass is 10.1. The molecule has 0 bridgehead atoms. The van der Waals surface area contributed by atoms with E-state index in [1.807, 2.05) is 50.1 Å². The zero-order valence-corrected chi connectivity index (χ0v) is 17.6. The van der Waals surface area contributed by atoms with E-state index in [9.17, 15) is 9.18 Å². The largest absolute Gasteiger partial charge is 0.489 e. The number of benzene rings is 2. The van der Waals surface area contributed by atoms with Crippen LogP contribution in [0.2, 0.25) is 0 Å². The topological polar surface area (TPSA) is 79.4 Å². The van der Waals surface area contributed by atoms with Gasteiger partial charge in [-0.3, -0.25) is 4.79 Å². The number of likely N-dealkylation sites (N-methyl/N-ethyl adjacent to an activating group) is 1. The van der Waals surface area contributed by atoms with Crippen molar-refractivity contribution in [3.8, 4) is 5.75 Å². The van der Waals surface area contributed by atoms with Gasteiger partial charge in [-0.25, -0.2) is 9.37 Å². The zero-order chi connectivity index (χ0) is 22.0. The third-order valence-electron chi connectivity index (χ3n) is 5.12. The molecule has 8 heteroatoms. The van der Waals surface area contributed by atoms with Crippen molar-refractivity contribution in [3.63, 3.8) is 0 Å². The van der Waals surface area contributed by atoms with Gasteiger partial charge in [-0.1, -0.05) is 24.3 Å². The number of fused-ring (bicyclic) bond motifs is 1. The van der Waals surface area contributed by atoms with Crippen LogP contribution in [0.25, 0.3) is 0 Å². The maximum Gasteiger partial charge on any atom is 0.244 e. The van der Waals surface area contributed by atoms with Gasteiger partial charge >= 0.3 is 0 Å². The molecule has 4 rings (SSSR count). The van der Waals surface area contributed by atoms with Crippen LogP contribution in [0.1, 0.15) is 29.8 Å². The Kier molecular flexibility index (Phi) is 5.70. The third-order valence-corrected chi connectivity index (χ3v) is 5.12. The molecule has 0 saturated carbocycles. The summed E-state index contributed by atoms with van der Waals surface area (Å²) in [5.74, 6) is 1.61. The van der Waals surface area contributed by atoms with Gasteiger partial charge in [-0.15, -0.1) is 0 Å². The molecule has 1 atom stereocenters. The number of nitrogens with zero attached hydrogens (tertiary/aromatic N) is 3. The Balaban J connectivity index is 1.41. The van der Waals surface area contributed by atoms with Crippen LogP contribution < -0.4 is 20.3 Å². The van der Waals surface area contributed by atoms with E-state index in [-0.39, 0.29) is 24.3 Å². The first-order valence-electron chi connectivity index (χ1n) is 10.0. The number of ether oxygens (including phenoxy) is 1. The summed E-state index contributed by atoms with van der Waals surface area (Å²) in [5.41, 5.74) is 3.32. The number of hydrogen-bond acceptors (Lipinski definition) is 6. The molecule has 1 amide bonds. The molecule has 1 aliphatic heterocycles. The number of rotatable bonds is 6. The lowest BCUT2D eigenvalue weighted by molar-refractivity contribution is -0.115. The second-order valence-corrected chi connectivity index (χ2v) is 7.59. The van der Waals surface area contributed by atoms with Gasteiger partial charge in [0, 0.05) is 7.05 Å². The molecule has 2 aromatic carbocycles. The summed E-state index contributed by atoms with van der Waals surface area (Å²) in [5, 5.41) is 6.16. The molecular formula is C23H24FN5O2. The number of carbonyl (C=O) groups is 1. The summed E-state index contributed by atoms with van der Waals surface area (Å²) in [6.45, 7) is 4.51. The summed E-state index contributed by atoms with van der Waals surface area (Å²) >= 11 is 0. The highest BCUT2D eigenvalue weighted by atomic mass is 19.1. The molecule has 31 heavy (non-hydrogen) atoms. The van der Waals surface area contributed by atoms with E-state index >= 15 is 0 Å². The fraction of sp³-hybridized carbons (Fsp3) is 0.261.